The van der Waals surface area contributed by atoms with Crippen molar-refractivity contribution in [1.82, 2.24) is 0 Å². The molecule has 0 bridgehead atoms. The van der Waals surface area contributed by atoms with Crippen LogP contribution < -0.4 is 10.5 Å². The Kier molecular flexibility index (Phi) is 4.96. The van der Waals surface area contributed by atoms with E-state index >= 15 is 0 Å². The van der Waals surface area contributed by atoms with Gasteiger partial charge in [-0.1, -0.05) is 22.0 Å². The van der Waals surface area contributed by atoms with Crippen LogP contribution in [-0.2, 0) is 0 Å². The molecule has 1 aromatic carbocycles. The molecule has 0 aliphatic rings. The molecule has 9 heteroatoms. The van der Waals surface area contributed by atoms with Crippen molar-refractivity contribution < 1.29 is 31.1 Å². The molecule has 0 heterocycles. The van der Waals surface area contributed by atoms with E-state index in [1.165, 1.54) is 6.07 Å². The zero-order valence-electron chi connectivity index (χ0n) is 10.0. The average molecular weight is 366 g/mol. The zero-order valence-corrected chi connectivity index (χ0v) is 11.6. The number of halogens is 7. The van der Waals surface area contributed by atoms with Crippen molar-refractivity contribution in [3.8, 4) is 5.75 Å². The van der Waals surface area contributed by atoms with E-state index in [-0.39, 0.29) is 4.47 Å². The van der Waals surface area contributed by atoms with Gasteiger partial charge in [-0.15, -0.1) is 0 Å². The van der Waals surface area contributed by atoms with Crippen LogP contribution in [-0.4, -0.2) is 18.5 Å². The standard InChI is InChI=1S/C11H10BrF6NO/c1-5(19)7-3-2-6(4-8(7)12)20-9(10(13,14)15)11(16,17)18/h2-5,9H,19H2,1H3/t5-/m1/s1. The quantitative estimate of drug-likeness (QED) is 0.808. The van der Waals surface area contributed by atoms with Crippen molar-refractivity contribution in [2.75, 3.05) is 0 Å². The number of hydrogen-bond donors (Lipinski definition) is 1. The van der Waals surface area contributed by atoms with Gasteiger partial charge in [0.2, 0.25) is 0 Å². The molecule has 2 nitrogen and oxygen atoms in total. The van der Waals surface area contributed by atoms with Gasteiger partial charge in [0, 0.05) is 10.5 Å². The Labute approximate surface area is 119 Å². The van der Waals surface area contributed by atoms with Gasteiger partial charge in [-0.05, 0) is 24.6 Å². The predicted octanol–water partition coefficient (Wildman–Crippen LogP) is 4.34. The highest BCUT2D eigenvalue weighted by atomic mass is 79.9. The lowest BCUT2D eigenvalue weighted by atomic mass is 10.1. The first-order valence-corrected chi connectivity index (χ1v) is 6.07. The minimum Gasteiger partial charge on any atom is -0.471 e. The van der Waals surface area contributed by atoms with Gasteiger partial charge in [0.1, 0.15) is 5.75 Å². The summed E-state index contributed by atoms with van der Waals surface area (Å²) in [5.74, 6) is -0.555. The van der Waals surface area contributed by atoms with Crippen LogP contribution in [0, 0.1) is 0 Å². The molecule has 20 heavy (non-hydrogen) atoms. The molecule has 0 aromatic heterocycles. The fraction of sp³-hybridized carbons (Fsp3) is 0.455. The smallest absolute Gasteiger partial charge is 0.434 e. The highest BCUT2D eigenvalue weighted by Crippen LogP contribution is 2.37. The van der Waals surface area contributed by atoms with E-state index in [0.717, 1.165) is 12.1 Å². The Morgan fingerprint density at radius 2 is 1.60 bits per heavy atom. The number of benzene rings is 1. The molecule has 0 spiro atoms. The van der Waals surface area contributed by atoms with Gasteiger partial charge in [0.25, 0.3) is 6.10 Å². The third-order valence-corrected chi connectivity index (χ3v) is 3.00. The minimum absolute atomic E-state index is 0.271. The van der Waals surface area contributed by atoms with Gasteiger partial charge in [-0.3, -0.25) is 0 Å². The van der Waals surface area contributed by atoms with E-state index in [9.17, 15) is 26.3 Å². The van der Waals surface area contributed by atoms with Crippen LogP contribution in [0.2, 0.25) is 0 Å². The summed E-state index contributed by atoms with van der Waals surface area (Å²) in [7, 11) is 0. The third-order valence-electron chi connectivity index (χ3n) is 2.31. The number of nitrogens with two attached hydrogens (primary N) is 1. The molecule has 2 N–H and O–H groups in total. The van der Waals surface area contributed by atoms with Crippen molar-refractivity contribution in [2.45, 2.75) is 31.4 Å². The Morgan fingerprint density at radius 3 is 1.95 bits per heavy atom. The van der Waals surface area contributed by atoms with Crippen LogP contribution in [0.1, 0.15) is 18.5 Å². The number of alkyl halides is 6. The Bertz CT molecular complexity index is 457. The maximum atomic E-state index is 12.3. The van der Waals surface area contributed by atoms with Gasteiger partial charge in [-0.2, -0.15) is 26.3 Å². The molecule has 0 unspecified atom stereocenters. The molecule has 0 saturated carbocycles. The second-order valence-corrected chi connectivity index (χ2v) is 4.91. The van der Waals surface area contributed by atoms with Crippen LogP contribution in [0.3, 0.4) is 0 Å². The molecule has 0 amide bonds. The van der Waals surface area contributed by atoms with Gasteiger partial charge in [0.05, 0.1) is 0 Å². The molecule has 0 fully saturated rings. The van der Waals surface area contributed by atoms with Gasteiger partial charge in [0.15, 0.2) is 0 Å². The van der Waals surface area contributed by atoms with Gasteiger partial charge < -0.3 is 10.5 Å². The summed E-state index contributed by atoms with van der Waals surface area (Å²) in [5.41, 5.74) is 6.11. The molecule has 0 aliphatic heterocycles. The van der Waals surface area contributed by atoms with E-state index in [1.807, 2.05) is 0 Å². The van der Waals surface area contributed by atoms with Crippen LogP contribution in [0.5, 0.6) is 5.75 Å². The lowest BCUT2D eigenvalue weighted by Gasteiger charge is -2.24. The Hall–Kier alpha value is -0.960. The largest absolute Gasteiger partial charge is 0.471 e. The summed E-state index contributed by atoms with van der Waals surface area (Å²) in [5, 5.41) is 0. The fourth-order valence-electron chi connectivity index (χ4n) is 1.41. The summed E-state index contributed by atoms with van der Waals surface area (Å²) in [4.78, 5) is 0. The Morgan fingerprint density at radius 1 is 1.10 bits per heavy atom. The summed E-state index contributed by atoms with van der Waals surface area (Å²) < 4.78 is 78.3. The first-order valence-electron chi connectivity index (χ1n) is 5.28. The summed E-state index contributed by atoms with van der Waals surface area (Å²) in [6.45, 7) is 1.62. The molecular weight excluding hydrogens is 356 g/mol. The highest BCUT2D eigenvalue weighted by molar-refractivity contribution is 9.10. The molecule has 0 radical (unpaired) electrons. The molecule has 114 valence electrons. The molecule has 1 aromatic rings. The predicted molar refractivity (Wildman–Crippen MR) is 63.3 cm³/mol. The van der Waals surface area contributed by atoms with Gasteiger partial charge in [-0.25, -0.2) is 0 Å². The van der Waals surface area contributed by atoms with Crippen LogP contribution in [0.25, 0.3) is 0 Å². The monoisotopic (exact) mass is 365 g/mol. The van der Waals surface area contributed by atoms with E-state index in [0.29, 0.717) is 5.56 Å². The van der Waals surface area contributed by atoms with E-state index in [2.05, 4.69) is 20.7 Å². The highest BCUT2D eigenvalue weighted by Gasteiger charge is 2.59. The summed E-state index contributed by atoms with van der Waals surface area (Å²) in [6.07, 6.45) is -15.0. The SMILES string of the molecule is C[C@@H](N)c1ccc(OC(C(F)(F)F)C(F)(F)F)cc1Br. The number of rotatable bonds is 3. The van der Waals surface area contributed by atoms with E-state index < -0.39 is 30.2 Å². The van der Waals surface area contributed by atoms with Crippen molar-refractivity contribution in [3.05, 3.63) is 28.2 Å². The second-order valence-electron chi connectivity index (χ2n) is 4.05. The lowest BCUT2D eigenvalue weighted by Crippen LogP contribution is -2.46. The molecule has 0 aliphatic carbocycles. The zero-order chi connectivity index (χ0) is 15.7. The fourth-order valence-corrected chi connectivity index (χ4v) is 2.12. The molecule has 1 rings (SSSR count). The number of hydrogen-bond acceptors (Lipinski definition) is 2. The second kappa shape index (κ2) is 5.80. The van der Waals surface area contributed by atoms with Crippen LogP contribution in [0.4, 0.5) is 26.3 Å². The normalized spacial score (nSPS) is 14.5. The van der Waals surface area contributed by atoms with Crippen LogP contribution >= 0.6 is 15.9 Å². The first-order chi connectivity index (χ1) is 8.93. The molecule has 1 atom stereocenters. The van der Waals surface area contributed by atoms with Crippen molar-refractivity contribution >= 4 is 15.9 Å². The summed E-state index contributed by atoms with van der Waals surface area (Å²) in [6, 6.07) is 2.89. The minimum atomic E-state index is -5.55. The maximum absolute atomic E-state index is 12.3. The Balaban J connectivity index is 3.05. The van der Waals surface area contributed by atoms with Crippen molar-refractivity contribution in [3.63, 3.8) is 0 Å². The van der Waals surface area contributed by atoms with E-state index in [4.69, 9.17) is 5.73 Å². The summed E-state index contributed by atoms with van der Waals surface area (Å²) >= 11 is 3.02. The van der Waals surface area contributed by atoms with E-state index in [1.54, 1.807) is 6.92 Å². The molecule has 0 saturated heterocycles. The van der Waals surface area contributed by atoms with Crippen molar-refractivity contribution in [2.24, 2.45) is 5.73 Å². The topological polar surface area (TPSA) is 35.2 Å². The lowest BCUT2D eigenvalue weighted by molar-refractivity contribution is -0.299. The van der Waals surface area contributed by atoms with Crippen molar-refractivity contribution in [1.29, 1.82) is 0 Å². The van der Waals surface area contributed by atoms with Gasteiger partial charge >= 0.3 is 12.4 Å². The third kappa shape index (κ3) is 4.27. The average Bonchev–Trinajstić information content (AvgIpc) is 2.22. The maximum Gasteiger partial charge on any atom is 0.434 e. The van der Waals surface area contributed by atoms with Crippen LogP contribution in [0.15, 0.2) is 22.7 Å². The number of ether oxygens (including phenoxy) is 1. The first kappa shape index (κ1) is 17.1. The molecular formula is C11H10BrF6NO.